The molecule has 0 bridgehead atoms. The van der Waals surface area contributed by atoms with E-state index in [1.807, 2.05) is 48.9 Å². The van der Waals surface area contributed by atoms with Crippen molar-refractivity contribution >= 4 is 16.7 Å². The Hall–Kier alpha value is -2.42. The number of hydrogen-bond donors (Lipinski definition) is 0. The van der Waals surface area contributed by atoms with Gasteiger partial charge < -0.3 is 4.57 Å². The third-order valence-corrected chi connectivity index (χ3v) is 4.08. The lowest BCUT2D eigenvalue weighted by atomic mass is 10.1. The molecule has 1 saturated carbocycles. The highest BCUT2D eigenvalue weighted by atomic mass is 16.1. The Bertz CT molecular complexity index is 809. The van der Waals surface area contributed by atoms with Crippen LogP contribution in [0.1, 0.15) is 28.8 Å². The van der Waals surface area contributed by atoms with Crippen molar-refractivity contribution in [3.8, 4) is 0 Å². The van der Waals surface area contributed by atoms with Crippen LogP contribution in [0.2, 0.25) is 0 Å². The molecule has 0 saturated heterocycles. The molecule has 0 aliphatic heterocycles. The average molecular weight is 276 g/mol. The van der Waals surface area contributed by atoms with Crippen molar-refractivity contribution in [2.45, 2.75) is 19.4 Å². The van der Waals surface area contributed by atoms with Crippen molar-refractivity contribution in [1.82, 2.24) is 9.55 Å². The number of benzene rings is 1. The first-order valence-electron chi connectivity index (χ1n) is 7.34. The number of carbonyl (C=O) groups excluding carboxylic acids is 1. The number of rotatable bonds is 4. The highest BCUT2D eigenvalue weighted by Gasteiger charge is 2.30. The van der Waals surface area contributed by atoms with Crippen LogP contribution in [0.3, 0.4) is 0 Å². The number of hydrogen-bond acceptors (Lipinski definition) is 2. The molecule has 0 amide bonds. The maximum Gasteiger partial charge on any atom is 0.167 e. The predicted octanol–water partition coefficient (Wildman–Crippen LogP) is 3.68. The molecular weight excluding hydrogens is 260 g/mol. The molecule has 0 spiro atoms. The van der Waals surface area contributed by atoms with Crippen LogP contribution in [0.15, 0.2) is 55.0 Å². The van der Waals surface area contributed by atoms with Gasteiger partial charge in [0.25, 0.3) is 0 Å². The molecule has 1 aromatic carbocycles. The summed E-state index contributed by atoms with van der Waals surface area (Å²) in [6.45, 7) is 0.765. The van der Waals surface area contributed by atoms with Crippen LogP contribution in [-0.2, 0) is 6.54 Å². The number of aromatic nitrogens is 2. The van der Waals surface area contributed by atoms with E-state index in [1.54, 1.807) is 0 Å². The molecule has 2 heterocycles. The number of fused-ring (bicyclic) bond motifs is 1. The summed E-state index contributed by atoms with van der Waals surface area (Å²) in [6.07, 6.45) is 7.91. The molecule has 0 N–H and O–H groups in total. The first-order chi connectivity index (χ1) is 10.3. The Labute approximate surface area is 123 Å². The lowest BCUT2D eigenvalue weighted by Crippen LogP contribution is -2.01. The van der Waals surface area contributed by atoms with Gasteiger partial charge in [0.2, 0.25) is 0 Å². The number of pyridine rings is 1. The summed E-state index contributed by atoms with van der Waals surface area (Å²) in [6, 6.07) is 12.1. The van der Waals surface area contributed by atoms with Crippen molar-refractivity contribution in [1.29, 1.82) is 0 Å². The standard InChI is InChI=1S/C18H16N2O/c21-18(13-5-6-13)15-8-10-20(12-15)11-14-7-9-19-17-4-2-1-3-16(14)17/h1-4,7-10,12-13H,5-6,11H2. The van der Waals surface area contributed by atoms with Crippen LogP contribution in [0.4, 0.5) is 0 Å². The first-order valence-corrected chi connectivity index (χ1v) is 7.34. The Morgan fingerprint density at radius 1 is 1.19 bits per heavy atom. The van der Waals surface area contributed by atoms with Crippen LogP contribution in [-0.4, -0.2) is 15.3 Å². The van der Waals surface area contributed by atoms with Crippen molar-refractivity contribution in [2.75, 3.05) is 0 Å². The summed E-state index contributed by atoms with van der Waals surface area (Å²) in [5, 5.41) is 1.17. The maximum atomic E-state index is 12.1. The van der Waals surface area contributed by atoms with E-state index in [1.165, 1.54) is 10.9 Å². The van der Waals surface area contributed by atoms with Gasteiger partial charge in [0.1, 0.15) is 0 Å². The summed E-state index contributed by atoms with van der Waals surface area (Å²) >= 11 is 0. The van der Waals surface area contributed by atoms with Crippen LogP contribution in [0.25, 0.3) is 10.9 Å². The molecule has 0 radical (unpaired) electrons. The second kappa shape index (κ2) is 4.85. The van der Waals surface area contributed by atoms with Crippen molar-refractivity contribution in [3.63, 3.8) is 0 Å². The molecule has 4 rings (SSSR count). The van der Waals surface area contributed by atoms with Gasteiger partial charge in [0.05, 0.1) is 5.52 Å². The Balaban J connectivity index is 1.64. The van der Waals surface area contributed by atoms with E-state index >= 15 is 0 Å². The molecule has 3 nitrogen and oxygen atoms in total. The van der Waals surface area contributed by atoms with E-state index in [0.29, 0.717) is 5.78 Å². The van der Waals surface area contributed by atoms with Gasteiger partial charge in [0.15, 0.2) is 5.78 Å². The summed E-state index contributed by atoms with van der Waals surface area (Å²) in [7, 11) is 0. The molecule has 1 aliphatic rings. The molecule has 3 heteroatoms. The average Bonchev–Trinajstić information content (AvgIpc) is 3.27. The highest BCUT2D eigenvalue weighted by Crippen LogP contribution is 2.32. The van der Waals surface area contributed by atoms with Crippen molar-refractivity contribution in [3.05, 3.63) is 66.1 Å². The Morgan fingerprint density at radius 2 is 2.05 bits per heavy atom. The zero-order valence-corrected chi connectivity index (χ0v) is 11.7. The third kappa shape index (κ3) is 2.35. The Kier molecular flexibility index (Phi) is 2.85. The van der Waals surface area contributed by atoms with E-state index in [-0.39, 0.29) is 5.92 Å². The normalized spacial score (nSPS) is 14.5. The van der Waals surface area contributed by atoms with Gasteiger partial charge in [-0.3, -0.25) is 9.78 Å². The molecular formula is C18H16N2O. The van der Waals surface area contributed by atoms with Gasteiger partial charge in [-0.2, -0.15) is 0 Å². The molecule has 1 fully saturated rings. The monoisotopic (exact) mass is 276 g/mol. The summed E-state index contributed by atoms with van der Waals surface area (Å²) in [4.78, 5) is 16.4. The predicted molar refractivity (Wildman–Crippen MR) is 82.3 cm³/mol. The van der Waals surface area contributed by atoms with Gasteiger partial charge in [-0.15, -0.1) is 0 Å². The fourth-order valence-electron chi connectivity index (χ4n) is 2.76. The number of Topliss-reactive ketones (excluding diaryl/α,β-unsaturated/α-hetero) is 1. The van der Waals surface area contributed by atoms with Crippen LogP contribution in [0.5, 0.6) is 0 Å². The largest absolute Gasteiger partial charge is 0.349 e. The fourth-order valence-corrected chi connectivity index (χ4v) is 2.76. The van der Waals surface area contributed by atoms with E-state index in [9.17, 15) is 4.79 Å². The molecule has 2 aromatic heterocycles. The molecule has 104 valence electrons. The minimum Gasteiger partial charge on any atom is -0.349 e. The van der Waals surface area contributed by atoms with Gasteiger partial charge in [0, 0.05) is 42.0 Å². The van der Waals surface area contributed by atoms with E-state index in [2.05, 4.69) is 15.6 Å². The molecule has 0 unspecified atom stereocenters. The van der Waals surface area contributed by atoms with E-state index in [0.717, 1.165) is 30.5 Å². The van der Waals surface area contributed by atoms with Crippen molar-refractivity contribution < 1.29 is 4.79 Å². The second-order valence-electron chi connectivity index (χ2n) is 5.70. The van der Waals surface area contributed by atoms with E-state index in [4.69, 9.17) is 0 Å². The summed E-state index contributed by atoms with van der Waals surface area (Å²) in [5.41, 5.74) is 3.08. The molecule has 1 aliphatic carbocycles. The van der Waals surface area contributed by atoms with Gasteiger partial charge in [-0.1, -0.05) is 18.2 Å². The second-order valence-corrected chi connectivity index (χ2v) is 5.70. The minimum absolute atomic E-state index is 0.280. The van der Waals surface area contributed by atoms with Gasteiger partial charge in [-0.25, -0.2) is 0 Å². The van der Waals surface area contributed by atoms with Crippen LogP contribution in [0, 0.1) is 5.92 Å². The lowest BCUT2D eigenvalue weighted by molar-refractivity contribution is 0.0967. The number of para-hydroxylation sites is 1. The first kappa shape index (κ1) is 12.3. The number of ketones is 1. The number of nitrogens with zero attached hydrogens (tertiary/aromatic N) is 2. The zero-order valence-electron chi connectivity index (χ0n) is 11.7. The fraction of sp³-hybridized carbons (Fsp3) is 0.222. The quantitative estimate of drug-likeness (QED) is 0.681. The molecule has 0 atom stereocenters. The zero-order chi connectivity index (χ0) is 14.2. The Morgan fingerprint density at radius 3 is 2.90 bits per heavy atom. The topological polar surface area (TPSA) is 34.9 Å². The lowest BCUT2D eigenvalue weighted by Gasteiger charge is -2.07. The van der Waals surface area contributed by atoms with Gasteiger partial charge >= 0.3 is 0 Å². The minimum atomic E-state index is 0.280. The SMILES string of the molecule is O=C(c1ccn(Cc2ccnc3ccccc23)c1)C1CC1. The maximum absolute atomic E-state index is 12.1. The molecule has 3 aromatic rings. The van der Waals surface area contributed by atoms with Gasteiger partial charge in [-0.05, 0) is 36.6 Å². The van der Waals surface area contributed by atoms with E-state index < -0.39 is 0 Å². The summed E-state index contributed by atoms with van der Waals surface area (Å²) < 4.78 is 2.08. The number of carbonyl (C=O) groups is 1. The van der Waals surface area contributed by atoms with Crippen LogP contribution >= 0.6 is 0 Å². The molecule has 21 heavy (non-hydrogen) atoms. The van der Waals surface area contributed by atoms with Crippen molar-refractivity contribution in [2.24, 2.45) is 5.92 Å². The third-order valence-electron chi connectivity index (χ3n) is 4.08. The smallest absolute Gasteiger partial charge is 0.167 e. The van der Waals surface area contributed by atoms with Crippen LogP contribution < -0.4 is 0 Å². The highest BCUT2D eigenvalue weighted by molar-refractivity contribution is 5.99. The summed E-state index contributed by atoms with van der Waals surface area (Å²) in [5.74, 6) is 0.580.